The molecule has 2 heterocycles. The molecular weight excluding hydrogens is 337 g/mol. The molecule has 1 aromatic rings. The molecule has 1 N–H and O–H groups in total. The SMILES string of the molecule is Cl.O=C(COc1ccccc1Cl)N1CCC(N2CCNCC2)C1. The van der Waals surface area contributed by atoms with E-state index in [1.165, 1.54) is 0 Å². The van der Waals surface area contributed by atoms with E-state index < -0.39 is 0 Å². The minimum Gasteiger partial charge on any atom is -0.482 e. The predicted molar refractivity (Wildman–Crippen MR) is 93.6 cm³/mol. The molecule has 2 saturated heterocycles. The first-order valence-corrected chi connectivity index (χ1v) is 8.22. The summed E-state index contributed by atoms with van der Waals surface area (Å²) >= 11 is 6.03. The maximum Gasteiger partial charge on any atom is 0.260 e. The van der Waals surface area contributed by atoms with Gasteiger partial charge in [0.05, 0.1) is 5.02 Å². The van der Waals surface area contributed by atoms with E-state index in [-0.39, 0.29) is 24.9 Å². The first-order valence-electron chi connectivity index (χ1n) is 7.84. The van der Waals surface area contributed by atoms with Crippen molar-refractivity contribution in [3.05, 3.63) is 29.3 Å². The van der Waals surface area contributed by atoms with E-state index >= 15 is 0 Å². The minimum absolute atomic E-state index is 0. The van der Waals surface area contributed by atoms with Gasteiger partial charge in [0, 0.05) is 45.3 Å². The van der Waals surface area contributed by atoms with E-state index in [4.69, 9.17) is 16.3 Å². The van der Waals surface area contributed by atoms with Gasteiger partial charge in [-0.3, -0.25) is 9.69 Å². The molecule has 0 aliphatic carbocycles. The highest BCUT2D eigenvalue weighted by molar-refractivity contribution is 6.32. The lowest BCUT2D eigenvalue weighted by Gasteiger charge is -2.32. The standard InChI is InChI=1S/C16H22ClN3O2.ClH/c17-14-3-1-2-4-15(14)22-12-16(21)20-8-5-13(11-20)19-9-6-18-7-10-19;/h1-4,13,18H,5-12H2;1H. The van der Waals surface area contributed by atoms with Crippen LogP contribution in [0.5, 0.6) is 5.75 Å². The van der Waals surface area contributed by atoms with E-state index in [1.54, 1.807) is 12.1 Å². The Morgan fingerprint density at radius 1 is 1.26 bits per heavy atom. The summed E-state index contributed by atoms with van der Waals surface area (Å²) < 4.78 is 5.54. The number of carbonyl (C=O) groups excluding carboxylic acids is 1. The van der Waals surface area contributed by atoms with Gasteiger partial charge in [-0.25, -0.2) is 0 Å². The van der Waals surface area contributed by atoms with Crippen LogP contribution in [0.25, 0.3) is 0 Å². The van der Waals surface area contributed by atoms with Crippen LogP contribution in [-0.4, -0.2) is 67.6 Å². The summed E-state index contributed by atoms with van der Waals surface area (Å²) in [6.45, 7) is 5.91. The lowest BCUT2D eigenvalue weighted by atomic mass is 10.2. The molecule has 0 aromatic heterocycles. The predicted octanol–water partition coefficient (Wildman–Crippen LogP) is 1.65. The number of hydrogen-bond acceptors (Lipinski definition) is 4. The Labute approximate surface area is 148 Å². The molecule has 0 bridgehead atoms. The minimum atomic E-state index is 0. The number of likely N-dealkylation sites (tertiary alicyclic amines) is 1. The summed E-state index contributed by atoms with van der Waals surface area (Å²) in [5, 5.41) is 3.90. The molecule has 0 radical (unpaired) electrons. The van der Waals surface area contributed by atoms with Crippen LogP contribution in [-0.2, 0) is 4.79 Å². The van der Waals surface area contributed by atoms with Crippen LogP contribution in [0.4, 0.5) is 0 Å². The lowest BCUT2D eigenvalue weighted by Crippen LogP contribution is -2.49. The van der Waals surface area contributed by atoms with Gasteiger partial charge in [-0.15, -0.1) is 12.4 Å². The maximum absolute atomic E-state index is 12.3. The van der Waals surface area contributed by atoms with Gasteiger partial charge in [-0.05, 0) is 18.6 Å². The number of nitrogens with zero attached hydrogens (tertiary/aromatic N) is 2. The van der Waals surface area contributed by atoms with Crippen LogP contribution in [0.3, 0.4) is 0 Å². The van der Waals surface area contributed by atoms with Gasteiger partial charge in [0.1, 0.15) is 5.75 Å². The van der Waals surface area contributed by atoms with E-state index in [0.29, 0.717) is 16.8 Å². The molecule has 2 aliphatic heterocycles. The fourth-order valence-electron chi connectivity index (χ4n) is 3.11. The molecule has 2 fully saturated rings. The van der Waals surface area contributed by atoms with E-state index in [2.05, 4.69) is 10.2 Å². The number of amides is 1. The van der Waals surface area contributed by atoms with Crippen molar-refractivity contribution >= 4 is 29.9 Å². The average molecular weight is 360 g/mol. The molecule has 1 unspecified atom stereocenters. The zero-order valence-electron chi connectivity index (χ0n) is 13.0. The second-order valence-electron chi connectivity index (χ2n) is 5.79. The number of nitrogens with one attached hydrogen (secondary N) is 1. The number of benzene rings is 1. The van der Waals surface area contributed by atoms with E-state index in [0.717, 1.165) is 45.7 Å². The van der Waals surface area contributed by atoms with Gasteiger partial charge in [0.25, 0.3) is 5.91 Å². The van der Waals surface area contributed by atoms with Crippen LogP contribution in [0.2, 0.25) is 5.02 Å². The zero-order valence-corrected chi connectivity index (χ0v) is 14.6. The van der Waals surface area contributed by atoms with Crippen molar-refractivity contribution in [3.8, 4) is 5.75 Å². The largest absolute Gasteiger partial charge is 0.482 e. The molecule has 0 saturated carbocycles. The van der Waals surface area contributed by atoms with E-state index in [1.807, 2.05) is 17.0 Å². The highest BCUT2D eigenvalue weighted by Gasteiger charge is 2.30. The maximum atomic E-state index is 12.3. The molecule has 1 atom stereocenters. The lowest BCUT2D eigenvalue weighted by molar-refractivity contribution is -0.132. The van der Waals surface area contributed by atoms with Gasteiger partial charge >= 0.3 is 0 Å². The van der Waals surface area contributed by atoms with E-state index in [9.17, 15) is 4.79 Å². The van der Waals surface area contributed by atoms with Crippen molar-refractivity contribution in [3.63, 3.8) is 0 Å². The Hall–Kier alpha value is -1.01. The van der Waals surface area contributed by atoms with Crippen LogP contribution in [0.15, 0.2) is 24.3 Å². The molecule has 7 heteroatoms. The fourth-order valence-corrected chi connectivity index (χ4v) is 3.30. The number of ether oxygens (including phenoxy) is 1. The van der Waals surface area contributed by atoms with Gasteiger partial charge < -0.3 is 15.0 Å². The highest BCUT2D eigenvalue weighted by Crippen LogP contribution is 2.23. The van der Waals surface area contributed by atoms with Crippen molar-refractivity contribution in [2.45, 2.75) is 12.5 Å². The molecule has 23 heavy (non-hydrogen) atoms. The molecule has 0 spiro atoms. The van der Waals surface area contributed by atoms with Crippen molar-refractivity contribution in [2.75, 3.05) is 45.9 Å². The van der Waals surface area contributed by atoms with Crippen molar-refractivity contribution in [2.24, 2.45) is 0 Å². The molecule has 5 nitrogen and oxygen atoms in total. The summed E-state index contributed by atoms with van der Waals surface area (Å²) in [7, 11) is 0. The second-order valence-corrected chi connectivity index (χ2v) is 6.19. The Morgan fingerprint density at radius 3 is 2.74 bits per heavy atom. The first-order chi connectivity index (χ1) is 10.7. The van der Waals surface area contributed by atoms with Crippen molar-refractivity contribution < 1.29 is 9.53 Å². The monoisotopic (exact) mass is 359 g/mol. The third kappa shape index (κ3) is 4.73. The van der Waals surface area contributed by atoms with Crippen molar-refractivity contribution in [1.29, 1.82) is 0 Å². The Kier molecular flexibility index (Phi) is 6.96. The first kappa shape index (κ1) is 18.3. The number of piperazine rings is 1. The summed E-state index contributed by atoms with van der Waals surface area (Å²) in [4.78, 5) is 16.7. The molecule has 3 rings (SSSR count). The average Bonchev–Trinajstić information content (AvgIpc) is 3.05. The fraction of sp³-hybridized carbons (Fsp3) is 0.562. The van der Waals surface area contributed by atoms with Crippen LogP contribution in [0.1, 0.15) is 6.42 Å². The Bertz CT molecular complexity index is 524. The third-order valence-electron chi connectivity index (χ3n) is 4.37. The quantitative estimate of drug-likeness (QED) is 0.887. The van der Waals surface area contributed by atoms with Gasteiger partial charge in [0.15, 0.2) is 6.61 Å². The van der Waals surface area contributed by atoms with Crippen LogP contribution in [0, 0.1) is 0 Å². The zero-order chi connectivity index (χ0) is 15.4. The number of hydrogen-bond donors (Lipinski definition) is 1. The highest BCUT2D eigenvalue weighted by atomic mass is 35.5. The summed E-state index contributed by atoms with van der Waals surface area (Å²) in [6.07, 6.45) is 1.05. The molecule has 128 valence electrons. The number of carbonyl (C=O) groups is 1. The summed E-state index contributed by atoms with van der Waals surface area (Å²) in [5.41, 5.74) is 0. The Morgan fingerprint density at radius 2 is 2.00 bits per heavy atom. The number of halogens is 2. The molecule has 1 amide bonds. The second kappa shape index (κ2) is 8.73. The number of para-hydroxylation sites is 1. The normalized spacial score (nSPS) is 21.8. The molecule has 1 aromatic carbocycles. The molecule has 2 aliphatic rings. The van der Waals surface area contributed by atoms with Crippen molar-refractivity contribution in [1.82, 2.24) is 15.1 Å². The summed E-state index contributed by atoms with van der Waals surface area (Å²) in [6, 6.07) is 7.73. The third-order valence-corrected chi connectivity index (χ3v) is 4.68. The van der Waals surface area contributed by atoms with Gasteiger partial charge in [-0.1, -0.05) is 23.7 Å². The van der Waals surface area contributed by atoms with Gasteiger partial charge in [-0.2, -0.15) is 0 Å². The smallest absolute Gasteiger partial charge is 0.260 e. The van der Waals surface area contributed by atoms with Gasteiger partial charge in [0.2, 0.25) is 0 Å². The Balaban J connectivity index is 0.00000192. The number of rotatable bonds is 4. The van der Waals surface area contributed by atoms with Crippen LogP contribution < -0.4 is 10.1 Å². The van der Waals surface area contributed by atoms with Crippen LogP contribution >= 0.6 is 24.0 Å². The summed E-state index contributed by atoms with van der Waals surface area (Å²) in [5.74, 6) is 0.605. The topological polar surface area (TPSA) is 44.8 Å². The molecular formula is C16H23Cl2N3O2.